The van der Waals surface area contributed by atoms with E-state index in [-0.39, 0.29) is 76.5 Å². The third-order valence-corrected chi connectivity index (χ3v) is 12.8. The average Bonchev–Trinajstić information content (AvgIpc) is 3.44. The molecular weight excluding hydrogens is 1310 g/mol. The molecule has 0 saturated heterocycles. The van der Waals surface area contributed by atoms with Gasteiger partial charge in [0, 0.05) is 51.5 Å². The van der Waals surface area contributed by atoms with Gasteiger partial charge in [0.05, 0.1) is 16.7 Å². The number of esters is 4. The number of hydrogen-bond donors (Lipinski definition) is 0. The summed E-state index contributed by atoms with van der Waals surface area (Å²) in [4.78, 5) is 64.3. The Kier molecular flexibility index (Phi) is 20.4. The molecule has 5 aromatic carbocycles. The van der Waals surface area contributed by atoms with Gasteiger partial charge in [-0.15, -0.1) is 126 Å². The molecule has 2 saturated carbocycles. The van der Waals surface area contributed by atoms with E-state index in [1.165, 1.54) is 18.6 Å². The van der Waals surface area contributed by atoms with E-state index in [1.807, 2.05) is 103 Å². The number of aromatic nitrogens is 3. The molecule has 76 heavy (non-hydrogen) atoms. The Bertz CT molecular complexity index is 2690. The molecule has 2 fully saturated rings. The van der Waals surface area contributed by atoms with Crippen LogP contribution in [0.1, 0.15) is 93.8 Å². The number of carbonyl (C=O) groups excluding carboxylic acids is 4. The minimum absolute atomic E-state index is 0. The van der Waals surface area contributed by atoms with Gasteiger partial charge in [0.1, 0.15) is 24.4 Å². The Morgan fingerprint density at radius 1 is 0.382 bits per heavy atom. The van der Waals surface area contributed by atoms with Crippen LogP contribution in [0, 0.1) is 42.2 Å². The maximum atomic E-state index is 12.8. The van der Waals surface area contributed by atoms with Crippen molar-refractivity contribution >= 4 is 23.9 Å². The molecule has 5 atom stereocenters. The van der Waals surface area contributed by atoms with Gasteiger partial charge in [-0.25, -0.2) is 25.5 Å². The van der Waals surface area contributed by atoms with Crippen molar-refractivity contribution in [2.24, 2.45) is 11.8 Å². The smallest absolute Gasteiger partial charge is 0.466 e. The van der Waals surface area contributed by atoms with E-state index >= 15 is 0 Å². The number of rotatable bonds is 12. The fourth-order valence-corrected chi connectivity index (χ4v) is 9.18. The monoisotopic (exact) mass is 1360 g/mol. The molecule has 11 nitrogen and oxygen atoms in total. The minimum Gasteiger partial charge on any atom is -0.466 e. The molecule has 4 unspecified atom stereocenters. The first-order valence-corrected chi connectivity index (χ1v) is 24.7. The van der Waals surface area contributed by atoms with Crippen LogP contribution in [0.25, 0.3) is 44.9 Å². The largest absolute Gasteiger partial charge is 3.00 e. The molecule has 3 aromatic heterocycles. The van der Waals surface area contributed by atoms with Crippen molar-refractivity contribution in [2.45, 2.75) is 76.8 Å². The maximum Gasteiger partial charge on any atom is 3.00 e. The molecule has 2 aliphatic rings. The Balaban J connectivity index is 0.000000216. The molecule has 10 rings (SSSR count). The second-order valence-corrected chi connectivity index (χ2v) is 18.6. The van der Waals surface area contributed by atoms with Crippen LogP contribution in [0.3, 0.4) is 0 Å². The molecule has 0 amide bonds. The predicted molar refractivity (Wildman–Crippen MR) is 278 cm³/mol. The summed E-state index contributed by atoms with van der Waals surface area (Å²) in [5.74, 6) is -1.20. The van der Waals surface area contributed by atoms with E-state index < -0.39 is 23.9 Å². The first kappa shape index (κ1) is 56.5. The van der Waals surface area contributed by atoms with E-state index in [9.17, 15) is 19.2 Å². The van der Waals surface area contributed by atoms with Crippen LogP contribution < -0.4 is 0 Å². The Morgan fingerprint density at radius 2 is 0.684 bits per heavy atom. The number of hydrogen-bond acceptors (Lipinski definition) is 11. The Labute approximate surface area is 470 Å². The molecule has 1 radical (unpaired) electrons. The van der Waals surface area contributed by atoms with E-state index in [2.05, 4.69) is 59.1 Å². The number of carbonyl (C=O) groups is 4. The van der Waals surface area contributed by atoms with Crippen LogP contribution in [0.15, 0.2) is 170 Å². The quantitative estimate of drug-likeness (QED) is 0.0655. The third kappa shape index (κ3) is 15.4. The number of nitrogens with zero attached hydrogens (tertiary/aromatic N) is 3. The van der Waals surface area contributed by atoms with Crippen LogP contribution >= 0.6 is 0 Å². The summed E-state index contributed by atoms with van der Waals surface area (Å²) in [6, 6.07) is 61.6. The molecule has 2 aliphatic carbocycles. The summed E-state index contributed by atoms with van der Waals surface area (Å²) in [5.41, 5.74) is 8.15. The third-order valence-electron chi connectivity index (χ3n) is 12.8. The minimum atomic E-state index is -0.433. The van der Waals surface area contributed by atoms with Gasteiger partial charge in [-0.05, 0) is 60.2 Å². The van der Waals surface area contributed by atoms with Crippen LogP contribution in [0.5, 0.6) is 0 Å². The first-order chi connectivity index (χ1) is 36.1. The topological polar surface area (TPSA) is 144 Å². The van der Waals surface area contributed by atoms with Gasteiger partial charge in [0.2, 0.25) is 0 Å². The molecular formula is C63H52Ir2N3O8-2. The zero-order valence-electron chi connectivity index (χ0n) is 41.6. The molecule has 0 aliphatic heterocycles. The average molecular weight is 1360 g/mol. The molecule has 8 aromatic rings. The summed E-state index contributed by atoms with van der Waals surface area (Å²) in [7, 11) is 0. The summed E-state index contributed by atoms with van der Waals surface area (Å²) in [5, 5.41) is 0. The standard InChI is InChI=1S/C32H26NO4.C31H26N2O4.2Ir/c1-22-18-28(36-31(34)26-14-12-24(13-15-26)23-8-4-2-5-9-23)20-29(19-22)37-32(35)27-16-17-30(33-21-27)25-10-6-3-7-11-25;1-21-16-26(36-30(34)24-12-14-28(32-19-24)22-8-4-2-5-9-22)18-27(17-21)37-31(35)25-13-15-29(33-20-25)23-10-6-3-7-11-23;;/h2-8,10,12,14-17,21-22,28-29H,18-20H2,1H3;2-8,10,12-15,19-21,26-27H,16-18H2,1H3;;/q-3;-2;;+3/t22-,28?,29?;;;/m1.../s1. The van der Waals surface area contributed by atoms with Gasteiger partial charge < -0.3 is 33.9 Å². The Morgan fingerprint density at radius 3 is 0.961 bits per heavy atom. The second kappa shape index (κ2) is 27.5. The predicted octanol–water partition coefficient (Wildman–Crippen LogP) is 12.4. The molecule has 0 N–H and O–H groups in total. The van der Waals surface area contributed by atoms with Crippen molar-refractivity contribution in [1.82, 2.24) is 15.0 Å². The van der Waals surface area contributed by atoms with Crippen molar-refractivity contribution in [3.8, 4) is 44.9 Å². The number of ether oxygens (including phenoxy) is 4. The maximum absolute atomic E-state index is 12.8. The summed E-state index contributed by atoms with van der Waals surface area (Å²) >= 11 is 0. The van der Waals surface area contributed by atoms with Crippen molar-refractivity contribution in [3.63, 3.8) is 0 Å². The molecule has 3 heterocycles. The van der Waals surface area contributed by atoms with Gasteiger partial charge in [-0.1, -0.05) is 50.2 Å². The van der Waals surface area contributed by atoms with Crippen LogP contribution in [-0.2, 0) is 59.2 Å². The zero-order chi connectivity index (χ0) is 51.2. The number of benzene rings is 5. The van der Waals surface area contributed by atoms with Crippen molar-refractivity contribution in [3.05, 3.63) is 223 Å². The first-order valence-electron chi connectivity index (χ1n) is 24.7. The SMILES string of the molecule is CC1CC(OC(=O)c2ccc(-c3[c-]cccc3)nc2)CC(OC(=O)c2ccc(-c3[c-]cccc3)nc2)C1.C[C@@H]1CC(OC(=O)c2c[c-]c(-c3[c-]cccc3)cc2)CC(OC(=O)c2ccc(-c3[c-]cccc3)nc2)C1.[Ir+3].[Ir]. The van der Waals surface area contributed by atoms with Gasteiger partial charge in [0.15, 0.2) is 0 Å². The van der Waals surface area contributed by atoms with Crippen LogP contribution in [0.4, 0.5) is 0 Å². The van der Waals surface area contributed by atoms with Crippen molar-refractivity contribution < 1.29 is 78.3 Å². The summed E-state index contributed by atoms with van der Waals surface area (Å²) in [6.45, 7) is 4.15. The molecule has 0 spiro atoms. The van der Waals surface area contributed by atoms with Crippen LogP contribution in [-0.4, -0.2) is 63.2 Å². The van der Waals surface area contributed by atoms with Gasteiger partial charge >= 0.3 is 38.0 Å². The molecule has 13 heteroatoms. The fraction of sp³-hybridized carbons (Fsp3) is 0.222. The van der Waals surface area contributed by atoms with Gasteiger partial charge in [-0.3, -0.25) is 4.79 Å². The normalized spacial score (nSPS) is 18.6. The number of pyridine rings is 3. The van der Waals surface area contributed by atoms with Gasteiger partial charge in [-0.2, -0.15) is 36.4 Å². The van der Waals surface area contributed by atoms with Gasteiger partial charge in [0.25, 0.3) is 5.97 Å². The molecule has 0 bridgehead atoms. The van der Waals surface area contributed by atoms with Crippen molar-refractivity contribution in [1.29, 1.82) is 0 Å². The Hall–Kier alpha value is -7.27. The fourth-order valence-electron chi connectivity index (χ4n) is 9.18. The zero-order valence-corrected chi connectivity index (χ0v) is 46.4. The second-order valence-electron chi connectivity index (χ2n) is 18.6. The molecule has 387 valence electrons. The summed E-state index contributed by atoms with van der Waals surface area (Å²) < 4.78 is 23.2. The van der Waals surface area contributed by atoms with E-state index in [1.54, 1.807) is 48.5 Å². The van der Waals surface area contributed by atoms with E-state index in [0.717, 1.165) is 57.7 Å². The van der Waals surface area contributed by atoms with Crippen molar-refractivity contribution in [2.75, 3.05) is 0 Å². The van der Waals surface area contributed by atoms with E-state index in [4.69, 9.17) is 18.9 Å². The van der Waals surface area contributed by atoms with E-state index in [0.29, 0.717) is 47.9 Å². The van der Waals surface area contributed by atoms with Crippen LogP contribution in [0.2, 0.25) is 0 Å². The summed E-state index contributed by atoms with van der Waals surface area (Å²) in [6.07, 6.45) is 7.02.